The molecule has 0 heterocycles. The van der Waals surface area contributed by atoms with Crippen LogP contribution in [0.2, 0.25) is 0 Å². The minimum Gasteiger partial charge on any atom is -0.384 e. The Morgan fingerprint density at radius 2 is 2.32 bits per heavy atom. The standard InChI is InChI=1S/C15H16FNO2/c1-10-7-12(10)9-17-15(19)13-5-4-11(3-2-6-18)8-14(13)16/h4-5,8,10,12,18H,6-7,9H2,1H3,(H,17,19). The Morgan fingerprint density at radius 3 is 2.89 bits per heavy atom. The molecule has 0 spiro atoms. The Kier molecular flexibility index (Phi) is 4.18. The van der Waals surface area contributed by atoms with E-state index in [9.17, 15) is 9.18 Å². The average molecular weight is 261 g/mol. The number of rotatable bonds is 3. The van der Waals surface area contributed by atoms with E-state index in [1.165, 1.54) is 12.1 Å². The maximum atomic E-state index is 13.8. The van der Waals surface area contributed by atoms with Crippen molar-refractivity contribution in [2.24, 2.45) is 11.8 Å². The lowest BCUT2D eigenvalue weighted by Gasteiger charge is -2.05. The molecule has 0 aromatic heterocycles. The summed E-state index contributed by atoms with van der Waals surface area (Å²) in [5.41, 5.74) is 0.474. The second-order valence-corrected chi connectivity index (χ2v) is 4.84. The Labute approximate surface area is 111 Å². The Bertz CT molecular complexity index is 545. The topological polar surface area (TPSA) is 49.3 Å². The van der Waals surface area contributed by atoms with Crippen LogP contribution in [0.1, 0.15) is 29.3 Å². The molecule has 19 heavy (non-hydrogen) atoms. The van der Waals surface area contributed by atoms with Crippen LogP contribution in [-0.2, 0) is 0 Å². The Balaban J connectivity index is 2.01. The van der Waals surface area contributed by atoms with Crippen LogP contribution in [0.4, 0.5) is 4.39 Å². The van der Waals surface area contributed by atoms with E-state index in [1.54, 1.807) is 6.07 Å². The molecule has 1 aromatic carbocycles. The quantitative estimate of drug-likeness (QED) is 0.811. The van der Waals surface area contributed by atoms with Crippen molar-refractivity contribution < 1.29 is 14.3 Å². The zero-order valence-electron chi connectivity index (χ0n) is 10.7. The number of amides is 1. The summed E-state index contributed by atoms with van der Waals surface area (Å²) >= 11 is 0. The van der Waals surface area contributed by atoms with E-state index < -0.39 is 11.7 Å². The number of benzene rings is 1. The molecule has 2 N–H and O–H groups in total. The summed E-state index contributed by atoms with van der Waals surface area (Å²) < 4.78 is 13.8. The molecule has 0 aliphatic heterocycles. The molecule has 2 atom stereocenters. The fourth-order valence-electron chi connectivity index (χ4n) is 1.92. The summed E-state index contributed by atoms with van der Waals surface area (Å²) in [4.78, 5) is 11.8. The van der Waals surface area contributed by atoms with Crippen LogP contribution in [0.15, 0.2) is 18.2 Å². The number of nitrogens with one attached hydrogen (secondary N) is 1. The molecule has 1 fully saturated rings. The van der Waals surface area contributed by atoms with Crippen LogP contribution in [0.5, 0.6) is 0 Å². The Morgan fingerprint density at radius 1 is 1.58 bits per heavy atom. The highest BCUT2D eigenvalue weighted by atomic mass is 19.1. The summed E-state index contributed by atoms with van der Waals surface area (Å²) in [6, 6.07) is 4.19. The van der Waals surface area contributed by atoms with Crippen molar-refractivity contribution in [3.8, 4) is 11.8 Å². The highest BCUT2D eigenvalue weighted by Gasteiger charge is 2.32. The lowest BCUT2D eigenvalue weighted by molar-refractivity contribution is 0.0947. The molecule has 0 saturated heterocycles. The molecule has 1 aromatic rings. The van der Waals surface area contributed by atoms with Gasteiger partial charge >= 0.3 is 0 Å². The van der Waals surface area contributed by atoms with Crippen molar-refractivity contribution in [1.29, 1.82) is 0 Å². The maximum absolute atomic E-state index is 13.8. The minimum absolute atomic E-state index is 0.0304. The second kappa shape index (κ2) is 5.85. The van der Waals surface area contributed by atoms with Crippen LogP contribution in [0.25, 0.3) is 0 Å². The predicted octanol–water partition coefficient (Wildman–Crippen LogP) is 1.56. The largest absolute Gasteiger partial charge is 0.384 e. The molecule has 2 unspecified atom stereocenters. The number of carbonyl (C=O) groups excluding carboxylic acids is 1. The summed E-state index contributed by atoms with van der Waals surface area (Å²) in [5.74, 6) is 5.23. The average Bonchev–Trinajstić information content (AvgIpc) is 3.09. The van der Waals surface area contributed by atoms with E-state index in [2.05, 4.69) is 24.1 Å². The summed E-state index contributed by atoms with van der Waals surface area (Å²) in [5, 5.41) is 11.3. The molecule has 0 radical (unpaired) electrons. The normalized spacial score (nSPS) is 20.4. The molecule has 0 bridgehead atoms. The molecule has 1 aliphatic rings. The van der Waals surface area contributed by atoms with Gasteiger partial charge in [0.15, 0.2) is 0 Å². The molecule has 1 aliphatic carbocycles. The van der Waals surface area contributed by atoms with Crippen LogP contribution in [0.3, 0.4) is 0 Å². The maximum Gasteiger partial charge on any atom is 0.254 e. The van der Waals surface area contributed by atoms with E-state index in [1.807, 2.05) is 0 Å². The number of carbonyl (C=O) groups is 1. The van der Waals surface area contributed by atoms with Gasteiger partial charge in [-0.2, -0.15) is 0 Å². The first-order valence-electron chi connectivity index (χ1n) is 6.29. The zero-order valence-corrected chi connectivity index (χ0v) is 10.7. The third-order valence-electron chi connectivity index (χ3n) is 3.33. The molecule has 100 valence electrons. The molecule has 1 amide bonds. The Hall–Kier alpha value is -1.86. The van der Waals surface area contributed by atoms with Gasteiger partial charge in [-0.3, -0.25) is 4.79 Å². The van der Waals surface area contributed by atoms with Crippen LogP contribution < -0.4 is 5.32 Å². The van der Waals surface area contributed by atoms with Crippen LogP contribution in [-0.4, -0.2) is 24.2 Å². The SMILES string of the molecule is CC1CC1CNC(=O)c1ccc(C#CCO)cc1F. The van der Waals surface area contributed by atoms with Crippen molar-refractivity contribution in [3.63, 3.8) is 0 Å². The highest BCUT2D eigenvalue weighted by Crippen LogP contribution is 2.36. The first kappa shape index (κ1) is 13.6. The minimum atomic E-state index is -0.592. The van der Waals surface area contributed by atoms with Crippen molar-refractivity contribution in [2.75, 3.05) is 13.2 Å². The number of hydrogen-bond acceptors (Lipinski definition) is 2. The van der Waals surface area contributed by atoms with Gasteiger partial charge in [-0.25, -0.2) is 4.39 Å². The van der Waals surface area contributed by atoms with E-state index in [4.69, 9.17) is 5.11 Å². The molecular formula is C15H16FNO2. The molecule has 4 heteroatoms. The van der Waals surface area contributed by atoms with Gasteiger partial charge in [0.25, 0.3) is 5.91 Å². The number of aliphatic hydroxyl groups is 1. The monoisotopic (exact) mass is 261 g/mol. The van der Waals surface area contributed by atoms with Gasteiger partial charge in [0, 0.05) is 12.1 Å². The van der Waals surface area contributed by atoms with Crippen molar-refractivity contribution >= 4 is 5.91 Å². The summed E-state index contributed by atoms with van der Waals surface area (Å²) in [7, 11) is 0. The van der Waals surface area contributed by atoms with Crippen LogP contribution in [0, 0.1) is 29.5 Å². The fourth-order valence-corrected chi connectivity index (χ4v) is 1.92. The van der Waals surface area contributed by atoms with Gasteiger partial charge in [0.05, 0.1) is 5.56 Å². The predicted molar refractivity (Wildman–Crippen MR) is 70.0 cm³/mol. The fraction of sp³-hybridized carbons (Fsp3) is 0.400. The molecular weight excluding hydrogens is 245 g/mol. The number of halogens is 1. The highest BCUT2D eigenvalue weighted by molar-refractivity contribution is 5.94. The van der Waals surface area contributed by atoms with Gasteiger partial charge in [-0.15, -0.1) is 0 Å². The first-order chi connectivity index (χ1) is 9.11. The molecule has 3 nitrogen and oxygen atoms in total. The van der Waals surface area contributed by atoms with E-state index in [-0.39, 0.29) is 12.2 Å². The third-order valence-corrected chi connectivity index (χ3v) is 3.33. The van der Waals surface area contributed by atoms with Crippen molar-refractivity contribution in [3.05, 3.63) is 35.1 Å². The van der Waals surface area contributed by atoms with Gasteiger partial charge in [-0.1, -0.05) is 18.8 Å². The number of aliphatic hydroxyl groups excluding tert-OH is 1. The van der Waals surface area contributed by atoms with Crippen molar-refractivity contribution in [2.45, 2.75) is 13.3 Å². The lowest BCUT2D eigenvalue weighted by Crippen LogP contribution is -2.26. The van der Waals surface area contributed by atoms with Gasteiger partial charge in [-0.05, 0) is 36.5 Å². The van der Waals surface area contributed by atoms with E-state index >= 15 is 0 Å². The molecule has 2 rings (SSSR count). The molecule has 1 saturated carbocycles. The van der Waals surface area contributed by atoms with E-state index in [0.29, 0.717) is 23.9 Å². The second-order valence-electron chi connectivity index (χ2n) is 4.84. The van der Waals surface area contributed by atoms with Crippen LogP contribution >= 0.6 is 0 Å². The van der Waals surface area contributed by atoms with E-state index in [0.717, 1.165) is 6.42 Å². The smallest absolute Gasteiger partial charge is 0.254 e. The third kappa shape index (κ3) is 3.55. The zero-order chi connectivity index (χ0) is 13.8. The van der Waals surface area contributed by atoms with Gasteiger partial charge in [0.1, 0.15) is 12.4 Å². The van der Waals surface area contributed by atoms with Crippen molar-refractivity contribution in [1.82, 2.24) is 5.32 Å². The first-order valence-corrected chi connectivity index (χ1v) is 6.29. The van der Waals surface area contributed by atoms with Gasteiger partial charge < -0.3 is 10.4 Å². The summed E-state index contributed by atoms with van der Waals surface area (Å²) in [6.45, 7) is 2.46. The van der Waals surface area contributed by atoms with Gasteiger partial charge in [0.2, 0.25) is 0 Å². The lowest BCUT2D eigenvalue weighted by atomic mass is 10.1. The summed E-state index contributed by atoms with van der Waals surface area (Å²) in [6.07, 6.45) is 1.12. The number of hydrogen-bond donors (Lipinski definition) is 2.